The van der Waals surface area contributed by atoms with Gasteiger partial charge in [-0.1, -0.05) is 34.8 Å². The molecular weight excluding hydrogens is 313 g/mol. The highest BCUT2D eigenvalue weighted by molar-refractivity contribution is 14.1. The number of nitrogens with zero attached hydrogens (tertiary/aromatic N) is 4. The molecule has 1 aliphatic heterocycles. The lowest BCUT2D eigenvalue weighted by Gasteiger charge is -2.19. The first-order chi connectivity index (χ1) is 4.46. The van der Waals surface area contributed by atoms with E-state index in [0.717, 1.165) is 0 Å². The largest absolute Gasteiger partial charge is 0.290 e. The quantitative estimate of drug-likeness (QED) is 0.374. The summed E-state index contributed by atoms with van der Waals surface area (Å²) >= 11 is 18.2. The Hall–Kier alpha value is 0.800. The van der Waals surface area contributed by atoms with Gasteiger partial charge in [0.25, 0.3) is 3.67 Å². The molecule has 0 saturated carbocycles. The normalized spacial score (nSPS) is 22.0. The molecule has 10 heavy (non-hydrogen) atoms. The molecule has 0 aromatic carbocycles. The van der Waals surface area contributed by atoms with Crippen molar-refractivity contribution in [1.82, 2.24) is 0 Å². The molecule has 0 spiro atoms. The fraction of sp³-hybridized carbons (Fsp3) is 1.00. The number of hydrogen-bond donors (Lipinski definition) is 0. The number of hydrogen-bond acceptors (Lipinski definition) is 4. The maximum atomic E-state index is 5.50. The molecular formula is C2Cl3IN4. The summed E-state index contributed by atoms with van der Waals surface area (Å²) in [6.45, 7) is 0. The fourth-order valence-corrected chi connectivity index (χ4v) is 0.712. The molecule has 0 aromatic rings. The van der Waals surface area contributed by atoms with Crippen LogP contribution in [0.3, 0.4) is 0 Å². The summed E-state index contributed by atoms with van der Waals surface area (Å²) < 4.78 is -2.79. The van der Waals surface area contributed by atoms with Crippen LogP contribution in [-0.4, -0.2) is 7.46 Å². The van der Waals surface area contributed by atoms with E-state index in [1.807, 2.05) is 0 Å². The third-order valence-corrected chi connectivity index (χ3v) is 3.74. The molecule has 1 aliphatic rings. The van der Waals surface area contributed by atoms with Crippen LogP contribution >= 0.6 is 57.4 Å². The molecule has 0 radical (unpaired) electrons. The molecule has 1 heterocycles. The van der Waals surface area contributed by atoms with Crippen LogP contribution in [-0.2, 0) is 0 Å². The van der Waals surface area contributed by atoms with Gasteiger partial charge in [0.1, 0.15) is 0 Å². The van der Waals surface area contributed by atoms with Gasteiger partial charge in [-0.25, -0.2) is 0 Å². The summed E-state index contributed by atoms with van der Waals surface area (Å²) in [6, 6.07) is 0. The number of alkyl halides is 4. The van der Waals surface area contributed by atoms with Gasteiger partial charge in [0.15, 0.2) is 0 Å². The molecule has 0 aromatic heterocycles. The lowest BCUT2D eigenvalue weighted by atomic mass is 10.6. The minimum Gasteiger partial charge on any atom is -0.119 e. The van der Waals surface area contributed by atoms with Gasteiger partial charge in [-0.3, -0.25) is 0 Å². The second-order valence-electron chi connectivity index (χ2n) is 1.46. The molecule has 0 atom stereocenters. The van der Waals surface area contributed by atoms with E-state index in [-0.39, 0.29) is 0 Å². The average Bonchev–Trinajstić information content (AvgIpc) is 2.13. The van der Waals surface area contributed by atoms with Crippen LogP contribution in [0.15, 0.2) is 20.7 Å². The van der Waals surface area contributed by atoms with Crippen molar-refractivity contribution in [2.75, 3.05) is 0 Å². The summed E-state index contributed by atoms with van der Waals surface area (Å²) in [5.74, 6) is 0. The van der Waals surface area contributed by atoms with Crippen molar-refractivity contribution in [3.05, 3.63) is 0 Å². The average molecular weight is 313 g/mol. The molecule has 0 amide bonds. The Balaban J connectivity index is 2.90. The first kappa shape index (κ1) is 8.89. The van der Waals surface area contributed by atoms with Crippen LogP contribution in [0.1, 0.15) is 0 Å². The molecule has 0 saturated heterocycles. The summed E-state index contributed by atoms with van der Waals surface area (Å²) in [5, 5.41) is 13.5. The maximum Gasteiger partial charge on any atom is 0.290 e. The zero-order valence-corrected chi connectivity index (χ0v) is 8.73. The molecule has 0 N–H and O–H groups in total. The van der Waals surface area contributed by atoms with E-state index in [4.69, 9.17) is 34.8 Å². The Labute approximate surface area is 85.1 Å². The first-order valence-corrected chi connectivity index (χ1v) is 4.27. The lowest BCUT2D eigenvalue weighted by Crippen LogP contribution is -2.29. The standard InChI is InChI=1S/C2Cl3IN4/c3-1(4,5)2(6)7-9-10-8-2. The molecule has 56 valence electrons. The van der Waals surface area contributed by atoms with Crippen molar-refractivity contribution >= 4 is 57.4 Å². The Bertz CT molecular complexity index is 183. The summed E-state index contributed by atoms with van der Waals surface area (Å²) in [4.78, 5) is 0. The highest BCUT2D eigenvalue weighted by Gasteiger charge is 2.50. The summed E-state index contributed by atoms with van der Waals surface area (Å²) in [5.41, 5.74) is 0. The Kier molecular flexibility index (Phi) is 2.39. The molecule has 8 heteroatoms. The number of halogens is 4. The second-order valence-corrected chi connectivity index (χ2v) is 5.25. The van der Waals surface area contributed by atoms with Gasteiger partial charge >= 0.3 is 0 Å². The molecule has 0 unspecified atom stereocenters. The van der Waals surface area contributed by atoms with E-state index < -0.39 is 7.46 Å². The Morgan fingerprint density at radius 1 is 1.10 bits per heavy atom. The molecule has 1 rings (SSSR count). The van der Waals surface area contributed by atoms with E-state index in [9.17, 15) is 0 Å². The first-order valence-electron chi connectivity index (χ1n) is 2.05. The van der Waals surface area contributed by atoms with Crippen LogP contribution in [0, 0.1) is 0 Å². The van der Waals surface area contributed by atoms with E-state index >= 15 is 0 Å². The SMILES string of the molecule is ClC(Cl)(Cl)C1(I)N=NN=N1. The molecule has 4 nitrogen and oxygen atoms in total. The summed E-state index contributed by atoms with van der Waals surface area (Å²) in [7, 11) is 0. The van der Waals surface area contributed by atoms with Crippen LogP contribution in [0.4, 0.5) is 0 Å². The van der Waals surface area contributed by atoms with Gasteiger partial charge in [0, 0.05) is 0 Å². The topological polar surface area (TPSA) is 49.4 Å². The van der Waals surface area contributed by atoms with E-state index in [0.29, 0.717) is 0 Å². The van der Waals surface area contributed by atoms with E-state index in [1.54, 1.807) is 22.6 Å². The van der Waals surface area contributed by atoms with Gasteiger partial charge in [-0.05, 0) is 33.0 Å². The van der Waals surface area contributed by atoms with Crippen LogP contribution in [0.25, 0.3) is 0 Å². The minimum atomic E-state index is -1.60. The fourth-order valence-electron chi connectivity index (χ4n) is 0.292. The molecule has 0 bridgehead atoms. The third kappa shape index (κ3) is 1.51. The van der Waals surface area contributed by atoms with Crippen molar-refractivity contribution < 1.29 is 0 Å². The van der Waals surface area contributed by atoms with Gasteiger partial charge in [-0.2, -0.15) is 0 Å². The highest BCUT2D eigenvalue weighted by Crippen LogP contribution is 2.48. The molecule has 0 aliphatic carbocycles. The van der Waals surface area contributed by atoms with Crippen molar-refractivity contribution in [2.45, 2.75) is 7.46 Å². The van der Waals surface area contributed by atoms with Crippen LogP contribution in [0.5, 0.6) is 0 Å². The van der Waals surface area contributed by atoms with Crippen molar-refractivity contribution in [3.8, 4) is 0 Å². The van der Waals surface area contributed by atoms with Crippen molar-refractivity contribution in [2.24, 2.45) is 20.7 Å². The predicted octanol–water partition coefficient (Wildman–Crippen LogP) is 3.28. The zero-order valence-electron chi connectivity index (χ0n) is 4.30. The van der Waals surface area contributed by atoms with Crippen molar-refractivity contribution in [1.29, 1.82) is 0 Å². The van der Waals surface area contributed by atoms with E-state index in [2.05, 4.69) is 20.7 Å². The monoisotopic (exact) mass is 312 g/mol. The maximum absolute atomic E-state index is 5.50. The van der Waals surface area contributed by atoms with Crippen LogP contribution in [0.2, 0.25) is 0 Å². The second kappa shape index (κ2) is 2.69. The van der Waals surface area contributed by atoms with Crippen LogP contribution < -0.4 is 0 Å². The lowest BCUT2D eigenvalue weighted by molar-refractivity contribution is 0.689. The van der Waals surface area contributed by atoms with Gasteiger partial charge in [0.05, 0.1) is 0 Å². The number of rotatable bonds is 0. The smallest absolute Gasteiger partial charge is 0.119 e. The third-order valence-electron chi connectivity index (χ3n) is 0.755. The molecule has 0 fully saturated rings. The van der Waals surface area contributed by atoms with Gasteiger partial charge < -0.3 is 0 Å². The zero-order chi connectivity index (χ0) is 7.83. The Morgan fingerprint density at radius 2 is 1.50 bits per heavy atom. The van der Waals surface area contributed by atoms with Gasteiger partial charge in [0.2, 0.25) is 3.79 Å². The van der Waals surface area contributed by atoms with Gasteiger partial charge in [-0.15, -0.1) is 10.2 Å². The van der Waals surface area contributed by atoms with E-state index in [1.165, 1.54) is 0 Å². The Morgan fingerprint density at radius 3 is 1.70 bits per heavy atom. The highest BCUT2D eigenvalue weighted by atomic mass is 127. The minimum absolute atomic E-state index is 1.19. The summed E-state index contributed by atoms with van der Waals surface area (Å²) in [6.07, 6.45) is 0. The van der Waals surface area contributed by atoms with Crippen molar-refractivity contribution in [3.63, 3.8) is 0 Å². The predicted molar refractivity (Wildman–Crippen MR) is 46.8 cm³/mol.